The van der Waals surface area contributed by atoms with E-state index in [0.29, 0.717) is 0 Å². The molecule has 0 amide bonds. The van der Waals surface area contributed by atoms with Gasteiger partial charge in [-0.2, -0.15) is 0 Å². The van der Waals surface area contributed by atoms with E-state index in [-0.39, 0.29) is 0 Å². The normalized spacial score (nSPS) is 10.5. The van der Waals surface area contributed by atoms with E-state index >= 15 is 0 Å². The molecular weight excluding hydrogens is 362 g/mol. The molecule has 0 aliphatic carbocycles. The van der Waals surface area contributed by atoms with Gasteiger partial charge in [-0.3, -0.25) is 0 Å². The average Bonchev–Trinajstić information content (AvgIpc) is 3.00. The second-order valence-corrected chi connectivity index (χ2v) is 7.42. The maximum atomic E-state index is 9.10. The lowest BCUT2D eigenvalue weighted by atomic mass is 10.0. The van der Waals surface area contributed by atoms with Crippen LogP contribution in [0, 0.1) is 0 Å². The molecule has 0 radical (unpaired) electrons. The van der Waals surface area contributed by atoms with E-state index in [4.69, 9.17) is 19.8 Å². The lowest BCUT2D eigenvalue weighted by Crippen LogP contribution is -2.13. The third kappa shape index (κ3) is 5.91. The van der Waals surface area contributed by atoms with Crippen molar-refractivity contribution in [2.75, 3.05) is 20.6 Å². The van der Waals surface area contributed by atoms with Crippen molar-refractivity contribution in [3.8, 4) is 11.1 Å². The van der Waals surface area contributed by atoms with Crippen molar-refractivity contribution >= 4 is 33.4 Å². The maximum absolute atomic E-state index is 9.10. The monoisotopic (exact) mass is 385 g/mol. The van der Waals surface area contributed by atoms with Gasteiger partial charge in [0.15, 0.2) is 0 Å². The van der Waals surface area contributed by atoms with Crippen LogP contribution in [-0.4, -0.2) is 47.7 Å². The standard InChI is InChI=1S/C19H21NS.C2H2O4/c1-20(2)14-8-13-18-19(15-9-4-3-5-10-15)16-11-6-7-12-17(16)21-18;3-1(4)2(5)6/h3-7,9-12H,8,13-14H2,1-2H3;(H,3,4)(H,5,6). The molecule has 0 aliphatic heterocycles. The Labute approximate surface area is 162 Å². The van der Waals surface area contributed by atoms with Crippen LogP contribution in [0.4, 0.5) is 0 Å². The average molecular weight is 385 g/mol. The van der Waals surface area contributed by atoms with Gasteiger partial charge in [-0.1, -0.05) is 48.5 Å². The van der Waals surface area contributed by atoms with E-state index in [2.05, 4.69) is 73.6 Å². The first kappa shape index (κ1) is 20.6. The number of hydrogen-bond donors (Lipinski definition) is 2. The van der Waals surface area contributed by atoms with Crippen LogP contribution in [0.15, 0.2) is 54.6 Å². The Morgan fingerprint density at radius 3 is 2.11 bits per heavy atom. The minimum absolute atomic E-state index is 1.14. The van der Waals surface area contributed by atoms with Gasteiger partial charge in [0, 0.05) is 20.5 Å². The predicted octanol–water partition coefficient (Wildman–Crippen LogP) is 4.22. The fourth-order valence-corrected chi connectivity index (χ4v) is 4.02. The minimum Gasteiger partial charge on any atom is -0.473 e. The van der Waals surface area contributed by atoms with Crippen LogP contribution in [0.5, 0.6) is 0 Å². The molecule has 0 saturated carbocycles. The van der Waals surface area contributed by atoms with Crippen molar-refractivity contribution in [1.82, 2.24) is 4.90 Å². The van der Waals surface area contributed by atoms with Crippen molar-refractivity contribution < 1.29 is 19.8 Å². The molecule has 5 nitrogen and oxygen atoms in total. The third-order valence-corrected chi connectivity index (χ3v) is 5.15. The van der Waals surface area contributed by atoms with E-state index in [0.717, 1.165) is 13.0 Å². The summed E-state index contributed by atoms with van der Waals surface area (Å²) in [6.45, 7) is 1.14. The zero-order valence-corrected chi connectivity index (χ0v) is 16.2. The number of nitrogens with zero attached hydrogens (tertiary/aromatic N) is 1. The summed E-state index contributed by atoms with van der Waals surface area (Å²) in [5.74, 6) is -3.65. The molecule has 1 aromatic heterocycles. The summed E-state index contributed by atoms with van der Waals surface area (Å²) in [5, 5.41) is 16.2. The lowest BCUT2D eigenvalue weighted by molar-refractivity contribution is -0.159. The van der Waals surface area contributed by atoms with Gasteiger partial charge in [0.2, 0.25) is 0 Å². The molecule has 0 atom stereocenters. The van der Waals surface area contributed by atoms with Crippen molar-refractivity contribution in [3.05, 3.63) is 59.5 Å². The Balaban J connectivity index is 0.000000380. The van der Waals surface area contributed by atoms with Crippen LogP contribution in [0.25, 0.3) is 21.2 Å². The Hall–Kier alpha value is -2.70. The molecule has 3 aromatic rings. The van der Waals surface area contributed by atoms with Crippen LogP contribution in [0.2, 0.25) is 0 Å². The van der Waals surface area contributed by atoms with E-state index in [1.165, 1.54) is 32.5 Å². The van der Waals surface area contributed by atoms with Gasteiger partial charge >= 0.3 is 11.9 Å². The van der Waals surface area contributed by atoms with Crippen LogP contribution in [0.1, 0.15) is 11.3 Å². The number of carboxylic acid groups (broad SMARTS) is 2. The fourth-order valence-electron chi connectivity index (χ4n) is 2.75. The molecule has 0 fully saturated rings. The Morgan fingerprint density at radius 2 is 1.52 bits per heavy atom. The van der Waals surface area contributed by atoms with Crippen molar-refractivity contribution in [2.24, 2.45) is 0 Å². The van der Waals surface area contributed by atoms with Crippen molar-refractivity contribution in [2.45, 2.75) is 12.8 Å². The first-order valence-electron chi connectivity index (χ1n) is 8.57. The zero-order chi connectivity index (χ0) is 19.8. The molecule has 2 N–H and O–H groups in total. The van der Waals surface area contributed by atoms with E-state index < -0.39 is 11.9 Å². The van der Waals surface area contributed by atoms with Gasteiger partial charge in [0.25, 0.3) is 0 Å². The molecule has 0 unspecified atom stereocenters. The molecule has 27 heavy (non-hydrogen) atoms. The molecule has 0 spiro atoms. The smallest absolute Gasteiger partial charge is 0.414 e. The predicted molar refractivity (Wildman–Crippen MR) is 109 cm³/mol. The SMILES string of the molecule is CN(C)CCCc1sc2ccccc2c1-c1ccccc1.O=C(O)C(=O)O. The Bertz CT molecular complexity index is 891. The van der Waals surface area contributed by atoms with Crippen LogP contribution in [0.3, 0.4) is 0 Å². The number of fused-ring (bicyclic) bond motifs is 1. The first-order chi connectivity index (χ1) is 12.9. The van der Waals surface area contributed by atoms with Crippen LogP contribution >= 0.6 is 11.3 Å². The second kappa shape index (κ2) is 9.85. The summed E-state index contributed by atoms with van der Waals surface area (Å²) < 4.78 is 1.40. The van der Waals surface area contributed by atoms with Crippen LogP contribution in [-0.2, 0) is 16.0 Å². The summed E-state index contributed by atoms with van der Waals surface area (Å²) in [4.78, 5) is 22.0. The minimum atomic E-state index is -1.82. The Kier molecular flexibility index (Phi) is 7.52. The highest BCUT2D eigenvalue weighted by molar-refractivity contribution is 7.19. The van der Waals surface area contributed by atoms with E-state index in [1.54, 1.807) is 0 Å². The number of hydrogen-bond acceptors (Lipinski definition) is 4. The molecule has 2 aromatic carbocycles. The number of carboxylic acids is 2. The summed E-state index contributed by atoms with van der Waals surface area (Å²) >= 11 is 1.95. The van der Waals surface area contributed by atoms with Gasteiger partial charge in [-0.25, -0.2) is 9.59 Å². The maximum Gasteiger partial charge on any atom is 0.414 e. The number of thiophene rings is 1. The summed E-state index contributed by atoms with van der Waals surface area (Å²) in [6, 6.07) is 19.6. The summed E-state index contributed by atoms with van der Waals surface area (Å²) in [7, 11) is 4.28. The molecule has 142 valence electrons. The van der Waals surface area contributed by atoms with Crippen molar-refractivity contribution in [3.63, 3.8) is 0 Å². The van der Waals surface area contributed by atoms with Crippen LogP contribution < -0.4 is 0 Å². The summed E-state index contributed by atoms with van der Waals surface area (Å²) in [6.07, 6.45) is 2.36. The molecular formula is C21H23NO4S. The second-order valence-electron chi connectivity index (χ2n) is 6.28. The van der Waals surface area contributed by atoms with Gasteiger partial charge in [-0.15, -0.1) is 11.3 Å². The number of aliphatic carboxylic acids is 2. The summed E-state index contributed by atoms with van der Waals surface area (Å²) in [5.41, 5.74) is 2.78. The highest BCUT2D eigenvalue weighted by Gasteiger charge is 2.13. The Morgan fingerprint density at radius 1 is 0.926 bits per heavy atom. The molecule has 1 heterocycles. The molecule has 0 saturated heterocycles. The van der Waals surface area contributed by atoms with E-state index in [9.17, 15) is 0 Å². The third-order valence-electron chi connectivity index (χ3n) is 3.92. The zero-order valence-electron chi connectivity index (χ0n) is 15.4. The molecule has 6 heteroatoms. The largest absolute Gasteiger partial charge is 0.473 e. The van der Waals surface area contributed by atoms with Gasteiger partial charge in [0.05, 0.1) is 0 Å². The molecule has 0 bridgehead atoms. The molecule has 3 rings (SSSR count). The van der Waals surface area contributed by atoms with E-state index in [1.807, 2.05) is 11.3 Å². The number of benzene rings is 2. The fraction of sp³-hybridized carbons (Fsp3) is 0.238. The number of aryl methyl sites for hydroxylation is 1. The lowest BCUT2D eigenvalue weighted by Gasteiger charge is -2.09. The highest BCUT2D eigenvalue weighted by Crippen LogP contribution is 2.39. The topological polar surface area (TPSA) is 77.8 Å². The van der Waals surface area contributed by atoms with Gasteiger partial charge in [-0.05, 0) is 45.1 Å². The van der Waals surface area contributed by atoms with Crippen molar-refractivity contribution in [1.29, 1.82) is 0 Å². The molecule has 0 aliphatic rings. The first-order valence-corrected chi connectivity index (χ1v) is 9.38. The van der Waals surface area contributed by atoms with Gasteiger partial charge in [0.1, 0.15) is 0 Å². The quantitative estimate of drug-likeness (QED) is 0.643. The van der Waals surface area contributed by atoms with Gasteiger partial charge < -0.3 is 15.1 Å². The number of rotatable bonds is 5. The number of carbonyl (C=O) groups is 2. The highest BCUT2D eigenvalue weighted by atomic mass is 32.1.